The zero-order valence-corrected chi connectivity index (χ0v) is 17.2. The van der Waals surface area contributed by atoms with Gasteiger partial charge in [-0.05, 0) is 54.1 Å². The summed E-state index contributed by atoms with van der Waals surface area (Å²) < 4.78 is 0. The van der Waals surface area contributed by atoms with Crippen molar-refractivity contribution in [2.24, 2.45) is 0 Å². The van der Waals surface area contributed by atoms with Crippen molar-refractivity contribution in [2.75, 3.05) is 29.6 Å². The van der Waals surface area contributed by atoms with Crippen molar-refractivity contribution in [2.45, 2.75) is 6.54 Å². The first-order chi connectivity index (χ1) is 15.0. The van der Waals surface area contributed by atoms with Gasteiger partial charge in [-0.25, -0.2) is 4.79 Å². The summed E-state index contributed by atoms with van der Waals surface area (Å²) in [5, 5.41) is 17.2. The molecule has 2 aromatic carbocycles. The Bertz CT molecular complexity index is 1110. The minimum absolute atomic E-state index is 0.260. The molecule has 1 aromatic heterocycles. The fourth-order valence-corrected chi connectivity index (χ4v) is 2.89. The second-order valence-electron chi connectivity index (χ2n) is 6.94. The molecule has 0 aliphatic heterocycles. The molecular formula is C23H22N6O2. The summed E-state index contributed by atoms with van der Waals surface area (Å²) in [6.45, 7) is 0.344. The first kappa shape index (κ1) is 21.3. The SMILES string of the molecule is CN(C)c1ccc(NC(=O)Nc2ccc(C#N)cc2)cc1C(=O)NCc1cccnc1. The van der Waals surface area contributed by atoms with Gasteiger partial charge in [-0.2, -0.15) is 5.26 Å². The number of benzene rings is 2. The van der Waals surface area contributed by atoms with Crippen LogP contribution in [0.3, 0.4) is 0 Å². The van der Waals surface area contributed by atoms with Crippen molar-refractivity contribution in [3.63, 3.8) is 0 Å². The molecule has 3 rings (SSSR count). The van der Waals surface area contributed by atoms with Gasteiger partial charge in [0.15, 0.2) is 0 Å². The fourth-order valence-electron chi connectivity index (χ4n) is 2.89. The van der Waals surface area contributed by atoms with Gasteiger partial charge in [0.05, 0.1) is 17.2 Å². The van der Waals surface area contributed by atoms with Crippen LogP contribution < -0.4 is 20.9 Å². The number of carbonyl (C=O) groups is 2. The summed E-state index contributed by atoms with van der Waals surface area (Å²) in [6, 6.07) is 16.9. The summed E-state index contributed by atoms with van der Waals surface area (Å²) >= 11 is 0. The third-order valence-electron chi connectivity index (χ3n) is 4.43. The minimum atomic E-state index is -0.455. The average molecular weight is 414 g/mol. The van der Waals surface area contributed by atoms with Crippen LogP contribution in [0.2, 0.25) is 0 Å². The van der Waals surface area contributed by atoms with Crippen LogP contribution in [0.25, 0.3) is 0 Å². The molecule has 3 aromatic rings. The zero-order valence-electron chi connectivity index (χ0n) is 17.2. The van der Waals surface area contributed by atoms with E-state index in [1.54, 1.807) is 54.9 Å². The van der Waals surface area contributed by atoms with Gasteiger partial charge < -0.3 is 20.9 Å². The van der Waals surface area contributed by atoms with E-state index in [1.807, 2.05) is 37.2 Å². The topological polar surface area (TPSA) is 110 Å². The number of amides is 3. The highest BCUT2D eigenvalue weighted by atomic mass is 16.2. The molecule has 0 aliphatic rings. The van der Waals surface area contributed by atoms with Gasteiger partial charge in [-0.3, -0.25) is 9.78 Å². The maximum absolute atomic E-state index is 12.8. The molecule has 3 N–H and O–H groups in total. The number of anilines is 3. The van der Waals surface area contributed by atoms with Crippen molar-refractivity contribution < 1.29 is 9.59 Å². The van der Waals surface area contributed by atoms with Crippen molar-refractivity contribution in [3.8, 4) is 6.07 Å². The molecule has 156 valence electrons. The van der Waals surface area contributed by atoms with E-state index < -0.39 is 6.03 Å². The Labute approximate surface area is 180 Å². The van der Waals surface area contributed by atoms with Gasteiger partial charge in [0.2, 0.25) is 0 Å². The van der Waals surface area contributed by atoms with Crippen LogP contribution >= 0.6 is 0 Å². The number of hydrogen-bond acceptors (Lipinski definition) is 5. The van der Waals surface area contributed by atoms with E-state index in [0.29, 0.717) is 29.0 Å². The molecule has 3 amide bonds. The van der Waals surface area contributed by atoms with Gasteiger partial charge in [-0.15, -0.1) is 0 Å². The van der Waals surface area contributed by atoms with Crippen LogP contribution in [0.1, 0.15) is 21.5 Å². The Morgan fingerprint density at radius 3 is 2.39 bits per heavy atom. The largest absolute Gasteiger partial charge is 0.377 e. The molecule has 0 bridgehead atoms. The van der Waals surface area contributed by atoms with Gasteiger partial charge in [-0.1, -0.05) is 6.07 Å². The number of nitrogens with zero attached hydrogens (tertiary/aromatic N) is 3. The number of nitrogens with one attached hydrogen (secondary N) is 3. The lowest BCUT2D eigenvalue weighted by molar-refractivity contribution is 0.0951. The van der Waals surface area contributed by atoms with Gasteiger partial charge in [0, 0.05) is 50.1 Å². The molecule has 0 saturated heterocycles. The first-order valence-corrected chi connectivity index (χ1v) is 9.53. The number of nitriles is 1. The van der Waals surface area contributed by atoms with E-state index in [-0.39, 0.29) is 5.91 Å². The summed E-state index contributed by atoms with van der Waals surface area (Å²) in [6.07, 6.45) is 3.37. The molecule has 0 atom stereocenters. The molecule has 0 unspecified atom stereocenters. The molecule has 1 heterocycles. The molecule has 31 heavy (non-hydrogen) atoms. The predicted molar refractivity (Wildman–Crippen MR) is 120 cm³/mol. The lowest BCUT2D eigenvalue weighted by Gasteiger charge is -2.18. The third-order valence-corrected chi connectivity index (χ3v) is 4.43. The van der Waals surface area contributed by atoms with Crippen LogP contribution in [-0.2, 0) is 6.54 Å². The third kappa shape index (κ3) is 5.81. The highest BCUT2D eigenvalue weighted by molar-refractivity contribution is 6.03. The molecule has 0 saturated carbocycles. The molecule has 8 nitrogen and oxygen atoms in total. The number of rotatable bonds is 6. The van der Waals surface area contributed by atoms with Crippen molar-refractivity contribution in [1.29, 1.82) is 5.26 Å². The summed E-state index contributed by atoms with van der Waals surface area (Å²) in [5.41, 5.74) is 3.58. The summed E-state index contributed by atoms with van der Waals surface area (Å²) in [7, 11) is 3.69. The lowest BCUT2D eigenvalue weighted by atomic mass is 10.1. The Hall–Kier alpha value is -4.38. The number of pyridine rings is 1. The minimum Gasteiger partial charge on any atom is -0.377 e. The van der Waals surface area contributed by atoms with E-state index in [4.69, 9.17) is 5.26 Å². The van der Waals surface area contributed by atoms with Crippen molar-refractivity contribution in [3.05, 3.63) is 83.7 Å². The van der Waals surface area contributed by atoms with E-state index in [2.05, 4.69) is 20.9 Å². The molecule has 0 fully saturated rings. The van der Waals surface area contributed by atoms with Gasteiger partial charge in [0.1, 0.15) is 0 Å². The highest BCUT2D eigenvalue weighted by Crippen LogP contribution is 2.23. The molecule has 0 aliphatic carbocycles. The van der Waals surface area contributed by atoms with E-state index in [1.165, 1.54) is 0 Å². The van der Waals surface area contributed by atoms with Crippen LogP contribution in [0.4, 0.5) is 21.9 Å². The summed E-state index contributed by atoms with van der Waals surface area (Å²) in [5.74, 6) is -0.260. The Kier molecular flexibility index (Phi) is 6.81. The monoisotopic (exact) mass is 414 g/mol. The number of hydrogen-bond donors (Lipinski definition) is 3. The molecule has 8 heteroatoms. The molecule has 0 spiro atoms. The lowest BCUT2D eigenvalue weighted by Crippen LogP contribution is -2.26. The standard InChI is InChI=1S/C23H22N6O2/c1-29(2)21-10-9-19(28-23(31)27-18-7-5-16(13-24)6-8-18)12-20(21)22(30)26-15-17-4-3-11-25-14-17/h3-12,14H,15H2,1-2H3,(H,26,30)(H2,27,28,31). The zero-order chi connectivity index (χ0) is 22.2. The Balaban J connectivity index is 1.71. The van der Waals surface area contributed by atoms with Crippen molar-refractivity contribution >= 4 is 29.0 Å². The summed E-state index contributed by atoms with van der Waals surface area (Å²) in [4.78, 5) is 31.0. The number of carbonyl (C=O) groups excluding carboxylic acids is 2. The van der Waals surface area contributed by atoms with Crippen LogP contribution in [0, 0.1) is 11.3 Å². The Morgan fingerprint density at radius 2 is 1.74 bits per heavy atom. The second kappa shape index (κ2) is 9.89. The molecular weight excluding hydrogens is 392 g/mol. The predicted octanol–water partition coefficient (Wildman–Crippen LogP) is 3.59. The van der Waals surface area contributed by atoms with E-state index in [9.17, 15) is 9.59 Å². The number of aromatic nitrogens is 1. The van der Waals surface area contributed by atoms with Crippen LogP contribution in [0.5, 0.6) is 0 Å². The second-order valence-corrected chi connectivity index (χ2v) is 6.94. The smallest absolute Gasteiger partial charge is 0.323 e. The maximum atomic E-state index is 12.8. The van der Waals surface area contributed by atoms with E-state index >= 15 is 0 Å². The maximum Gasteiger partial charge on any atom is 0.323 e. The van der Waals surface area contributed by atoms with Crippen molar-refractivity contribution in [1.82, 2.24) is 10.3 Å². The van der Waals surface area contributed by atoms with Crippen LogP contribution in [0.15, 0.2) is 67.0 Å². The number of urea groups is 1. The average Bonchev–Trinajstić information content (AvgIpc) is 2.78. The quantitative estimate of drug-likeness (QED) is 0.571. The Morgan fingerprint density at radius 1 is 1.03 bits per heavy atom. The highest BCUT2D eigenvalue weighted by Gasteiger charge is 2.15. The van der Waals surface area contributed by atoms with E-state index in [0.717, 1.165) is 11.3 Å². The first-order valence-electron chi connectivity index (χ1n) is 9.53. The normalized spacial score (nSPS) is 9.97. The van der Waals surface area contributed by atoms with Gasteiger partial charge in [0.25, 0.3) is 5.91 Å². The van der Waals surface area contributed by atoms with Gasteiger partial charge >= 0.3 is 6.03 Å². The van der Waals surface area contributed by atoms with Crippen LogP contribution in [-0.4, -0.2) is 31.0 Å². The fraction of sp³-hybridized carbons (Fsp3) is 0.130. The molecule has 0 radical (unpaired) electrons.